The van der Waals surface area contributed by atoms with E-state index in [1.54, 1.807) is 0 Å². The molecule has 0 saturated heterocycles. The van der Waals surface area contributed by atoms with Gasteiger partial charge in [-0.25, -0.2) is 0 Å². The summed E-state index contributed by atoms with van der Waals surface area (Å²) in [7, 11) is 0. The molecule has 6 heteroatoms. The van der Waals surface area contributed by atoms with Crippen molar-refractivity contribution in [3.63, 3.8) is 0 Å². The Morgan fingerprint density at radius 2 is 2.57 bits per heavy atom. The van der Waals surface area contributed by atoms with Crippen LogP contribution in [0.2, 0.25) is 0 Å². The first kappa shape index (κ1) is 4.99. The number of nitrogens with zero attached hydrogens (tertiary/aromatic N) is 2. The number of hydroxylamine groups is 1. The Bertz CT molecular complexity index is 93.7. The third-order valence-electron chi connectivity index (χ3n) is 0.547. The van der Waals surface area contributed by atoms with E-state index in [2.05, 4.69) is 31.9 Å². The molecule has 0 fully saturated rings. The predicted molar refractivity (Wildman–Crippen MR) is 21.9 cm³/mol. The summed E-state index contributed by atoms with van der Waals surface area (Å²) in [5.74, 6) is 0. The van der Waals surface area contributed by atoms with Crippen molar-refractivity contribution in [2.24, 2.45) is 10.3 Å². The predicted octanol–water partition coefficient (Wildman–Crippen LogP) is -2.29. The molecular weight excluding hydrogens is 163 g/mol. The Hall–Kier alpha value is -0.161. The Kier molecular flexibility index (Phi) is 1.25. The normalized spacial score (nSPS) is 38.6. The summed E-state index contributed by atoms with van der Waals surface area (Å²) >= 11 is 2.52. The molecule has 0 bridgehead atoms. The van der Waals surface area contributed by atoms with E-state index in [4.69, 9.17) is 0 Å². The molecule has 0 aromatic rings. The fraction of sp³-hybridized carbons (Fsp3) is 1.00. The standard InChI is InChI=1S/CH3N4OSe/c6-5-1(7)2-3-4-5/h1,5H,(H,2,4). The van der Waals surface area contributed by atoms with Crippen LogP contribution in [0.25, 0.3) is 0 Å². The Labute approximate surface area is 48.1 Å². The Morgan fingerprint density at radius 1 is 1.86 bits per heavy atom. The van der Waals surface area contributed by atoms with Crippen LogP contribution in [0.15, 0.2) is 10.3 Å². The van der Waals surface area contributed by atoms with Gasteiger partial charge in [0.2, 0.25) is 0 Å². The second kappa shape index (κ2) is 1.75. The van der Waals surface area contributed by atoms with Crippen LogP contribution in [0.3, 0.4) is 0 Å². The molecule has 1 aliphatic rings. The van der Waals surface area contributed by atoms with Crippen molar-refractivity contribution in [1.82, 2.24) is 5.53 Å². The SMILES string of the molecule is [O-][NH+]1NN=NC1[Se]. The third-order valence-corrected chi connectivity index (χ3v) is 1.19. The zero-order chi connectivity index (χ0) is 5.28. The summed E-state index contributed by atoms with van der Waals surface area (Å²) in [4.78, 5) is 0. The van der Waals surface area contributed by atoms with E-state index in [1.165, 1.54) is 0 Å². The van der Waals surface area contributed by atoms with Gasteiger partial charge in [-0.05, 0) is 0 Å². The van der Waals surface area contributed by atoms with Crippen LogP contribution in [0.5, 0.6) is 0 Å². The Balaban J connectivity index is 2.45. The molecule has 2 unspecified atom stereocenters. The maximum atomic E-state index is 10.2. The molecule has 1 heterocycles. The van der Waals surface area contributed by atoms with Gasteiger partial charge in [0.25, 0.3) is 0 Å². The summed E-state index contributed by atoms with van der Waals surface area (Å²) in [6.45, 7) is 0. The van der Waals surface area contributed by atoms with Gasteiger partial charge in [0.05, 0.1) is 0 Å². The van der Waals surface area contributed by atoms with E-state index < -0.39 is 5.06 Å². The van der Waals surface area contributed by atoms with Gasteiger partial charge in [-0.1, -0.05) is 0 Å². The van der Waals surface area contributed by atoms with Gasteiger partial charge in [-0.3, -0.25) is 0 Å². The average Bonchev–Trinajstić information content (AvgIpc) is 1.91. The number of rotatable bonds is 0. The molecule has 0 spiro atoms. The van der Waals surface area contributed by atoms with Crippen LogP contribution in [0.1, 0.15) is 0 Å². The van der Waals surface area contributed by atoms with Gasteiger partial charge in [0.1, 0.15) is 0 Å². The van der Waals surface area contributed by atoms with E-state index in [0.29, 0.717) is 0 Å². The van der Waals surface area contributed by atoms with Crippen LogP contribution in [0, 0.1) is 5.21 Å². The van der Waals surface area contributed by atoms with Gasteiger partial charge >= 0.3 is 47.3 Å². The zero-order valence-electron chi connectivity index (χ0n) is 3.29. The molecule has 2 atom stereocenters. The molecule has 1 radical (unpaired) electrons. The van der Waals surface area contributed by atoms with E-state index in [-0.39, 0.29) is 5.17 Å². The fourth-order valence-electron chi connectivity index (χ4n) is 0.238. The summed E-state index contributed by atoms with van der Waals surface area (Å²) < 4.78 is 0. The van der Waals surface area contributed by atoms with E-state index >= 15 is 0 Å². The van der Waals surface area contributed by atoms with Crippen LogP contribution >= 0.6 is 0 Å². The molecule has 0 amide bonds. The van der Waals surface area contributed by atoms with Crippen molar-refractivity contribution in [3.8, 4) is 0 Å². The van der Waals surface area contributed by atoms with Crippen molar-refractivity contribution in [3.05, 3.63) is 5.21 Å². The molecule has 0 aromatic heterocycles. The van der Waals surface area contributed by atoms with Gasteiger partial charge in [0, 0.05) is 0 Å². The molecule has 0 aliphatic carbocycles. The summed E-state index contributed by atoms with van der Waals surface area (Å²) in [6.07, 6.45) is 0. The molecule has 39 valence electrons. The molecule has 1 rings (SSSR count). The van der Waals surface area contributed by atoms with E-state index in [0.717, 1.165) is 0 Å². The molecule has 5 nitrogen and oxygen atoms in total. The van der Waals surface area contributed by atoms with E-state index in [9.17, 15) is 5.21 Å². The van der Waals surface area contributed by atoms with Crippen molar-refractivity contribution in [1.29, 1.82) is 0 Å². The molecular formula is CH3N4OSe. The topological polar surface area (TPSA) is 64.2 Å². The van der Waals surface area contributed by atoms with Crippen molar-refractivity contribution >= 4 is 16.0 Å². The van der Waals surface area contributed by atoms with Gasteiger partial charge in [-0.15, -0.1) is 0 Å². The first-order valence-electron chi connectivity index (χ1n) is 1.66. The second-order valence-electron chi connectivity index (χ2n) is 1.04. The minimum atomic E-state index is -0.403. The average molecular weight is 166 g/mol. The first-order valence-corrected chi connectivity index (χ1v) is 2.65. The maximum absolute atomic E-state index is 10.2. The molecule has 7 heavy (non-hydrogen) atoms. The quantitative estimate of drug-likeness (QED) is 0.314. The number of nitrogens with one attached hydrogen (secondary N) is 2. The third kappa shape index (κ3) is 0.889. The zero-order valence-corrected chi connectivity index (χ0v) is 5.00. The van der Waals surface area contributed by atoms with Gasteiger partial charge in [-0.2, -0.15) is 0 Å². The van der Waals surface area contributed by atoms with E-state index in [1.807, 2.05) is 0 Å². The molecule has 0 saturated carbocycles. The van der Waals surface area contributed by atoms with Gasteiger partial charge in [0.15, 0.2) is 0 Å². The van der Waals surface area contributed by atoms with Crippen molar-refractivity contribution in [2.45, 2.75) is 5.06 Å². The minimum absolute atomic E-state index is 0.181. The molecule has 0 aromatic carbocycles. The molecule has 1 aliphatic heterocycles. The number of hydrogen-bond donors (Lipinski definition) is 2. The summed E-state index contributed by atoms with van der Waals surface area (Å²) in [5, 5.41) is 16.3. The second-order valence-corrected chi connectivity index (χ2v) is 1.98. The van der Waals surface area contributed by atoms with Crippen LogP contribution < -0.4 is 10.7 Å². The van der Waals surface area contributed by atoms with Gasteiger partial charge < -0.3 is 0 Å². The molecule has 2 N–H and O–H groups in total. The number of hydrogen-bond acceptors (Lipinski definition) is 4. The summed E-state index contributed by atoms with van der Waals surface area (Å²) in [5.41, 5.74) is 2.16. The van der Waals surface area contributed by atoms with Crippen molar-refractivity contribution < 1.29 is 5.17 Å². The Morgan fingerprint density at radius 3 is 2.71 bits per heavy atom. The van der Waals surface area contributed by atoms with Crippen LogP contribution in [-0.2, 0) is 0 Å². The number of quaternary nitrogens is 1. The van der Waals surface area contributed by atoms with Crippen molar-refractivity contribution in [2.75, 3.05) is 0 Å². The fourth-order valence-corrected chi connectivity index (χ4v) is 0.448. The van der Waals surface area contributed by atoms with Crippen LogP contribution in [-0.4, -0.2) is 21.1 Å². The monoisotopic (exact) mass is 167 g/mol. The van der Waals surface area contributed by atoms with Crippen LogP contribution in [0.4, 0.5) is 0 Å². The first-order chi connectivity index (χ1) is 3.30. The summed E-state index contributed by atoms with van der Waals surface area (Å²) in [6, 6.07) is 0.